The van der Waals surface area contributed by atoms with E-state index in [4.69, 9.17) is 4.74 Å². The highest BCUT2D eigenvalue weighted by molar-refractivity contribution is 5.42. The number of ether oxygens (including phenoxy) is 1. The second-order valence-electron chi connectivity index (χ2n) is 3.52. The van der Waals surface area contributed by atoms with E-state index in [1.54, 1.807) is 6.20 Å². The van der Waals surface area contributed by atoms with Gasteiger partial charge in [-0.05, 0) is 32.4 Å². The predicted octanol–water partition coefficient (Wildman–Crippen LogP) is 2.23. The summed E-state index contributed by atoms with van der Waals surface area (Å²) < 4.78 is 5.41. The van der Waals surface area contributed by atoms with Gasteiger partial charge in [-0.2, -0.15) is 0 Å². The Morgan fingerprint density at radius 3 is 2.93 bits per heavy atom. The van der Waals surface area contributed by atoms with Gasteiger partial charge in [-0.25, -0.2) is 4.98 Å². The number of anilines is 1. The molecular weight excluding hydrogens is 176 g/mol. The standard InChI is InChI=1S/C11H18N2O/c1-9(2)14-8-7-13-11-10(3)5-4-6-12-11/h4-6,9H,7-8H2,1-3H3,(H,12,13). The van der Waals surface area contributed by atoms with Gasteiger partial charge in [0.25, 0.3) is 0 Å². The van der Waals surface area contributed by atoms with Crippen LogP contribution in [-0.2, 0) is 4.74 Å². The van der Waals surface area contributed by atoms with E-state index in [1.807, 2.05) is 32.9 Å². The zero-order chi connectivity index (χ0) is 10.4. The number of aromatic nitrogens is 1. The van der Waals surface area contributed by atoms with E-state index in [-0.39, 0.29) is 0 Å². The molecule has 0 spiro atoms. The first-order valence-corrected chi connectivity index (χ1v) is 4.97. The Balaban J connectivity index is 2.28. The van der Waals surface area contributed by atoms with E-state index in [0.717, 1.165) is 17.9 Å². The molecule has 0 aliphatic rings. The molecule has 0 amide bonds. The molecule has 1 heterocycles. The Labute approximate surface area is 85.5 Å². The minimum atomic E-state index is 0.293. The summed E-state index contributed by atoms with van der Waals surface area (Å²) in [5.74, 6) is 0.944. The third kappa shape index (κ3) is 3.75. The van der Waals surface area contributed by atoms with Gasteiger partial charge < -0.3 is 10.1 Å². The maximum Gasteiger partial charge on any atom is 0.128 e. The molecule has 0 atom stereocenters. The summed E-state index contributed by atoms with van der Waals surface area (Å²) in [6, 6.07) is 3.98. The number of hydrogen-bond donors (Lipinski definition) is 1. The molecule has 1 N–H and O–H groups in total. The van der Waals surface area contributed by atoms with Crippen molar-refractivity contribution in [2.75, 3.05) is 18.5 Å². The fourth-order valence-corrected chi connectivity index (χ4v) is 1.13. The van der Waals surface area contributed by atoms with Gasteiger partial charge in [-0.3, -0.25) is 0 Å². The maximum absolute atomic E-state index is 5.41. The number of pyridine rings is 1. The van der Waals surface area contributed by atoms with E-state index < -0.39 is 0 Å². The molecule has 3 nitrogen and oxygen atoms in total. The summed E-state index contributed by atoms with van der Waals surface area (Å²) in [6.07, 6.45) is 2.08. The topological polar surface area (TPSA) is 34.2 Å². The Bertz CT molecular complexity index is 274. The second-order valence-corrected chi connectivity index (χ2v) is 3.52. The van der Waals surface area contributed by atoms with Gasteiger partial charge in [0.1, 0.15) is 5.82 Å². The van der Waals surface area contributed by atoms with Crippen LogP contribution in [0.25, 0.3) is 0 Å². The van der Waals surface area contributed by atoms with Crippen LogP contribution in [0.3, 0.4) is 0 Å². The lowest BCUT2D eigenvalue weighted by Gasteiger charge is -2.10. The lowest BCUT2D eigenvalue weighted by Crippen LogP contribution is -2.14. The molecule has 0 aliphatic heterocycles. The van der Waals surface area contributed by atoms with Crippen molar-refractivity contribution < 1.29 is 4.74 Å². The van der Waals surface area contributed by atoms with E-state index in [0.29, 0.717) is 12.7 Å². The Kier molecular flexibility index (Phi) is 4.40. The Morgan fingerprint density at radius 2 is 2.29 bits per heavy atom. The molecule has 3 heteroatoms. The molecule has 0 saturated carbocycles. The molecule has 1 aromatic rings. The number of rotatable bonds is 5. The maximum atomic E-state index is 5.41. The van der Waals surface area contributed by atoms with Gasteiger partial charge in [0.2, 0.25) is 0 Å². The molecule has 0 saturated heterocycles. The van der Waals surface area contributed by atoms with Crippen LogP contribution >= 0.6 is 0 Å². The van der Waals surface area contributed by atoms with Crippen molar-refractivity contribution in [2.24, 2.45) is 0 Å². The molecule has 0 fully saturated rings. The van der Waals surface area contributed by atoms with Crippen LogP contribution in [0.5, 0.6) is 0 Å². The summed E-state index contributed by atoms with van der Waals surface area (Å²) in [7, 11) is 0. The number of aryl methyl sites for hydroxylation is 1. The lowest BCUT2D eigenvalue weighted by atomic mass is 10.3. The van der Waals surface area contributed by atoms with Crippen LogP contribution in [0.15, 0.2) is 18.3 Å². The first-order chi connectivity index (χ1) is 6.70. The molecule has 1 aromatic heterocycles. The third-order valence-electron chi connectivity index (χ3n) is 1.86. The fraction of sp³-hybridized carbons (Fsp3) is 0.545. The summed E-state index contributed by atoms with van der Waals surface area (Å²) in [5.41, 5.74) is 1.16. The highest BCUT2D eigenvalue weighted by Gasteiger charge is 1.97. The molecule has 0 unspecified atom stereocenters. The van der Waals surface area contributed by atoms with Crippen molar-refractivity contribution >= 4 is 5.82 Å². The average molecular weight is 194 g/mol. The van der Waals surface area contributed by atoms with E-state index in [9.17, 15) is 0 Å². The van der Waals surface area contributed by atoms with Crippen LogP contribution in [0.4, 0.5) is 5.82 Å². The summed E-state index contributed by atoms with van der Waals surface area (Å²) in [6.45, 7) is 7.63. The summed E-state index contributed by atoms with van der Waals surface area (Å²) >= 11 is 0. The fourth-order valence-electron chi connectivity index (χ4n) is 1.13. The minimum Gasteiger partial charge on any atom is -0.377 e. The number of nitrogens with zero attached hydrogens (tertiary/aromatic N) is 1. The SMILES string of the molecule is Cc1cccnc1NCCOC(C)C. The van der Waals surface area contributed by atoms with E-state index >= 15 is 0 Å². The first kappa shape index (κ1) is 11.0. The molecule has 1 rings (SSSR count). The first-order valence-electron chi connectivity index (χ1n) is 4.97. The van der Waals surface area contributed by atoms with Crippen LogP contribution < -0.4 is 5.32 Å². The van der Waals surface area contributed by atoms with E-state index in [1.165, 1.54) is 0 Å². The van der Waals surface area contributed by atoms with Gasteiger partial charge in [0.15, 0.2) is 0 Å². The van der Waals surface area contributed by atoms with Crippen molar-refractivity contribution in [1.29, 1.82) is 0 Å². The van der Waals surface area contributed by atoms with Gasteiger partial charge >= 0.3 is 0 Å². The highest BCUT2D eigenvalue weighted by Crippen LogP contribution is 2.08. The quantitative estimate of drug-likeness (QED) is 0.730. The molecule has 0 radical (unpaired) electrons. The third-order valence-corrected chi connectivity index (χ3v) is 1.86. The smallest absolute Gasteiger partial charge is 0.128 e. The van der Waals surface area contributed by atoms with E-state index in [2.05, 4.69) is 10.3 Å². The van der Waals surface area contributed by atoms with Crippen LogP contribution in [0, 0.1) is 6.92 Å². The Hall–Kier alpha value is -1.09. The molecule has 0 aliphatic carbocycles. The van der Waals surface area contributed by atoms with Gasteiger partial charge in [0, 0.05) is 12.7 Å². The minimum absolute atomic E-state index is 0.293. The Morgan fingerprint density at radius 1 is 1.50 bits per heavy atom. The van der Waals surface area contributed by atoms with Crippen molar-refractivity contribution in [3.05, 3.63) is 23.9 Å². The van der Waals surface area contributed by atoms with Crippen LogP contribution in [0.1, 0.15) is 19.4 Å². The van der Waals surface area contributed by atoms with Crippen LogP contribution in [0.2, 0.25) is 0 Å². The van der Waals surface area contributed by atoms with Gasteiger partial charge in [-0.15, -0.1) is 0 Å². The normalized spacial score (nSPS) is 10.6. The molecule has 14 heavy (non-hydrogen) atoms. The highest BCUT2D eigenvalue weighted by atomic mass is 16.5. The van der Waals surface area contributed by atoms with Crippen molar-refractivity contribution in [3.63, 3.8) is 0 Å². The zero-order valence-electron chi connectivity index (χ0n) is 9.08. The lowest BCUT2D eigenvalue weighted by molar-refractivity contribution is 0.0870. The van der Waals surface area contributed by atoms with Crippen molar-refractivity contribution in [2.45, 2.75) is 26.9 Å². The monoisotopic (exact) mass is 194 g/mol. The number of hydrogen-bond acceptors (Lipinski definition) is 3. The predicted molar refractivity (Wildman–Crippen MR) is 58.6 cm³/mol. The van der Waals surface area contributed by atoms with Gasteiger partial charge in [0.05, 0.1) is 12.7 Å². The van der Waals surface area contributed by atoms with Crippen LogP contribution in [-0.4, -0.2) is 24.2 Å². The average Bonchev–Trinajstić information content (AvgIpc) is 2.15. The zero-order valence-corrected chi connectivity index (χ0v) is 9.08. The van der Waals surface area contributed by atoms with Crippen molar-refractivity contribution in [1.82, 2.24) is 4.98 Å². The van der Waals surface area contributed by atoms with Gasteiger partial charge in [-0.1, -0.05) is 6.07 Å². The summed E-state index contributed by atoms with van der Waals surface area (Å²) in [5, 5.41) is 3.23. The number of nitrogens with one attached hydrogen (secondary N) is 1. The largest absolute Gasteiger partial charge is 0.377 e. The van der Waals surface area contributed by atoms with Crippen molar-refractivity contribution in [3.8, 4) is 0 Å². The summed E-state index contributed by atoms with van der Waals surface area (Å²) in [4.78, 5) is 4.23. The molecule has 0 aromatic carbocycles. The molecular formula is C11H18N2O. The molecule has 0 bridgehead atoms. The second kappa shape index (κ2) is 5.60. The molecule has 78 valence electrons.